The van der Waals surface area contributed by atoms with Gasteiger partial charge in [0.2, 0.25) is 0 Å². The number of nitrogens with zero attached hydrogens (tertiary/aromatic N) is 3. The number of nitrogen functional groups attached to an aromatic ring is 1. The number of halogens is 3. The fraction of sp³-hybridized carbons (Fsp3) is 0.308. The Balaban J connectivity index is 1.89. The number of fused-ring (bicyclic) bond motifs is 1. The topological polar surface area (TPSA) is 47.1 Å². The minimum atomic E-state index is -4.37. The maximum absolute atomic E-state index is 12.6. The highest BCUT2D eigenvalue weighted by Gasteiger charge is 2.31. The summed E-state index contributed by atoms with van der Waals surface area (Å²) < 4.78 is 39.9. The molecule has 4 nitrogen and oxygen atoms in total. The van der Waals surface area contributed by atoms with Crippen molar-refractivity contribution in [1.29, 1.82) is 0 Å². The van der Waals surface area contributed by atoms with Gasteiger partial charge < -0.3 is 15.2 Å². The van der Waals surface area contributed by atoms with Gasteiger partial charge in [0.15, 0.2) is 0 Å². The van der Waals surface area contributed by atoms with Gasteiger partial charge in [-0.3, -0.25) is 0 Å². The minimum Gasteiger partial charge on any atom is -0.397 e. The lowest BCUT2D eigenvalue weighted by atomic mass is 10.1. The van der Waals surface area contributed by atoms with E-state index in [4.69, 9.17) is 5.73 Å². The molecule has 106 valence electrons. The summed E-state index contributed by atoms with van der Waals surface area (Å²) in [6, 6.07) is 3.47. The molecular weight excluding hydrogens is 269 g/mol. The molecule has 0 aliphatic carbocycles. The second-order valence-corrected chi connectivity index (χ2v) is 4.73. The minimum absolute atomic E-state index is 0.139. The van der Waals surface area contributed by atoms with Crippen LogP contribution in [0.3, 0.4) is 0 Å². The SMILES string of the molecule is Nc1cc(C(F)(F)F)ccc1N1CCn2ccnc2C1. The van der Waals surface area contributed by atoms with Crippen LogP contribution in [0, 0.1) is 0 Å². The summed E-state index contributed by atoms with van der Waals surface area (Å²) in [4.78, 5) is 6.16. The van der Waals surface area contributed by atoms with Gasteiger partial charge in [-0.1, -0.05) is 0 Å². The third kappa shape index (κ3) is 2.19. The van der Waals surface area contributed by atoms with Crippen LogP contribution < -0.4 is 10.6 Å². The predicted molar refractivity (Wildman–Crippen MR) is 69.1 cm³/mol. The van der Waals surface area contributed by atoms with Gasteiger partial charge in [-0.2, -0.15) is 13.2 Å². The highest BCUT2D eigenvalue weighted by molar-refractivity contribution is 5.68. The van der Waals surface area contributed by atoms with E-state index in [1.54, 1.807) is 6.20 Å². The van der Waals surface area contributed by atoms with E-state index in [1.807, 2.05) is 15.7 Å². The van der Waals surface area contributed by atoms with Gasteiger partial charge in [-0.15, -0.1) is 0 Å². The Hall–Kier alpha value is -2.18. The maximum atomic E-state index is 12.6. The van der Waals surface area contributed by atoms with Crippen LogP contribution in [0.2, 0.25) is 0 Å². The van der Waals surface area contributed by atoms with Crippen molar-refractivity contribution >= 4 is 11.4 Å². The zero-order valence-corrected chi connectivity index (χ0v) is 10.6. The van der Waals surface area contributed by atoms with E-state index >= 15 is 0 Å². The number of nitrogens with two attached hydrogens (primary N) is 1. The second kappa shape index (κ2) is 4.43. The smallest absolute Gasteiger partial charge is 0.397 e. The van der Waals surface area contributed by atoms with Crippen molar-refractivity contribution in [3.63, 3.8) is 0 Å². The van der Waals surface area contributed by atoms with E-state index in [-0.39, 0.29) is 5.69 Å². The maximum Gasteiger partial charge on any atom is 0.416 e. The molecule has 1 aromatic heterocycles. The van der Waals surface area contributed by atoms with Crippen molar-refractivity contribution in [3.05, 3.63) is 42.0 Å². The largest absolute Gasteiger partial charge is 0.416 e. The fourth-order valence-electron chi connectivity index (χ4n) is 2.40. The molecule has 0 fully saturated rings. The molecule has 0 radical (unpaired) electrons. The normalized spacial score (nSPS) is 15.2. The molecule has 0 saturated heterocycles. The lowest BCUT2D eigenvalue weighted by Crippen LogP contribution is -2.34. The molecule has 2 N–H and O–H groups in total. The van der Waals surface area contributed by atoms with E-state index in [1.165, 1.54) is 6.07 Å². The molecule has 0 bridgehead atoms. The van der Waals surface area contributed by atoms with Crippen LogP contribution in [0.1, 0.15) is 11.4 Å². The Labute approximate surface area is 113 Å². The standard InChI is InChI=1S/C13H13F3N4/c14-13(15,16)9-1-2-11(10(17)7-9)20-6-5-19-4-3-18-12(19)8-20/h1-4,7H,5-6,8,17H2. The number of alkyl halides is 3. The zero-order chi connectivity index (χ0) is 14.3. The predicted octanol–water partition coefficient (Wildman–Crippen LogP) is 2.50. The van der Waals surface area contributed by atoms with E-state index in [2.05, 4.69) is 4.98 Å². The Kier molecular flexibility index (Phi) is 2.84. The molecule has 7 heteroatoms. The van der Waals surface area contributed by atoms with Crippen molar-refractivity contribution in [2.24, 2.45) is 0 Å². The molecular formula is C13H13F3N4. The van der Waals surface area contributed by atoms with Crippen molar-refractivity contribution in [3.8, 4) is 0 Å². The van der Waals surface area contributed by atoms with Crippen LogP contribution >= 0.6 is 0 Å². The van der Waals surface area contributed by atoms with Crippen LogP contribution in [-0.4, -0.2) is 16.1 Å². The van der Waals surface area contributed by atoms with Gasteiger partial charge in [-0.05, 0) is 18.2 Å². The summed E-state index contributed by atoms with van der Waals surface area (Å²) in [7, 11) is 0. The number of imidazole rings is 1. The van der Waals surface area contributed by atoms with Crippen LogP contribution in [0.5, 0.6) is 0 Å². The van der Waals surface area contributed by atoms with Gasteiger partial charge in [0.05, 0.1) is 23.5 Å². The molecule has 0 saturated carbocycles. The Morgan fingerprint density at radius 2 is 2.00 bits per heavy atom. The Morgan fingerprint density at radius 1 is 1.20 bits per heavy atom. The number of aromatic nitrogens is 2. The summed E-state index contributed by atoms with van der Waals surface area (Å²) in [6.45, 7) is 1.98. The number of hydrogen-bond acceptors (Lipinski definition) is 3. The third-order valence-corrected chi connectivity index (χ3v) is 3.44. The lowest BCUT2D eigenvalue weighted by Gasteiger charge is -2.30. The van der Waals surface area contributed by atoms with Gasteiger partial charge in [0.25, 0.3) is 0 Å². The van der Waals surface area contributed by atoms with E-state index in [0.717, 1.165) is 24.5 Å². The molecule has 1 aliphatic rings. The van der Waals surface area contributed by atoms with Crippen molar-refractivity contribution in [1.82, 2.24) is 9.55 Å². The van der Waals surface area contributed by atoms with Gasteiger partial charge in [0, 0.05) is 25.5 Å². The first-order valence-electron chi connectivity index (χ1n) is 6.17. The third-order valence-electron chi connectivity index (χ3n) is 3.44. The first-order valence-corrected chi connectivity index (χ1v) is 6.17. The van der Waals surface area contributed by atoms with Gasteiger partial charge >= 0.3 is 6.18 Å². The second-order valence-electron chi connectivity index (χ2n) is 4.73. The summed E-state index contributed by atoms with van der Waals surface area (Å²) in [5.41, 5.74) is 5.81. The highest BCUT2D eigenvalue weighted by atomic mass is 19.4. The summed E-state index contributed by atoms with van der Waals surface area (Å²) in [5.74, 6) is 0.885. The zero-order valence-electron chi connectivity index (χ0n) is 10.6. The fourth-order valence-corrected chi connectivity index (χ4v) is 2.40. The van der Waals surface area contributed by atoms with Crippen molar-refractivity contribution < 1.29 is 13.2 Å². The molecule has 0 spiro atoms. The van der Waals surface area contributed by atoms with E-state index in [0.29, 0.717) is 18.8 Å². The molecule has 0 amide bonds. The molecule has 1 aromatic carbocycles. The molecule has 2 heterocycles. The average molecular weight is 282 g/mol. The number of hydrogen-bond donors (Lipinski definition) is 1. The molecule has 0 atom stereocenters. The van der Waals surface area contributed by atoms with Crippen LogP contribution in [0.4, 0.5) is 24.5 Å². The van der Waals surface area contributed by atoms with E-state index < -0.39 is 11.7 Å². The Morgan fingerprint density at radius 3 is 2.70 bits per heavy atom. The molecule has 2 aromatic rings. The van der Waals surface area contributed by atoms with Gasteiger partial charge in [0.1, 0.15) is 5.82 Å². The molecule has 3 rings (SSSR count). The molecule has 20 heavy (non-hydrogen) atoms. The van der Waals surface area contributed by atoms with Crippen LogP contribution in [0.25, 0.3) is 0 Å². The Bertz CT molecular complexity index is 633. The van der Waals surface area contributed by atoms with Crippen LogP contribution in [0.15, 0.2) is 30.6 Å². The summed E-state index contributed by atoms with van der Waals surface area (Å²) in [5, 5.41) is 0. The first kappa shape index (κ1) is 12.8. The average Bonchev–Trinajstić information content (AvgIpc) is 2.84. The number of rotatable bonds is 1. The molecule has 0 unspecified atom stereocenters. The molecule has 1 aliphatic heterocycles. The van der Waals surface area contributed by atoms with Gasteiger partial charge in [-0.25, -0.2) is 4.98 Å². The monoisotopic (exact) mass is 282 g/mol. The number of anilines is 2. The summed E-state index contributed by atoms with van der Waals surface area (Å²) in [6.07, 6.45) is -0.761. The highest BCUT2D eigenvalue weighted by Crippen LogP contribution is 2.34. The summed E-state index contributed by atoms with van der Waals surface area (Å²) >= 11 is 0. The first-order chi connectivity index (χ1) is 9.45. The number of benzene rings is 1. The lowest BCUT2D eigenvalue weighted by molar-refractivity contribution is -0.137. The van der Waals surface area contributed by atoms with E-state index in [9.17, 15) is 13.2 Å². The van der Waals surface area contributed by atoms with Crippen LogP contribution in [-0.2, 0) is 19.3 Å². The van der Waals surface area contributed by atoms with Crippen molar-refractivity contribution in [2.75, 3.05) is 17.2 Å². The van der Waals surface area contributed by atoms with Crippen molar-refractivity contribution in [2.45, 2.75) is 19.3 Å². The quantitative estimate of drug-likeness (QED) is 0.817.